The average Bonchev–Trinajstić information content (AvgIpc) is 3.63. The van der Waals surface area contributed by atoms with Crippen molar-refractivity contribution in [2.75, 3.05) is 0 Å². The van der Waals surface area contributed by atoms with E-state index in [4.69, 9.17) is 10.5 Å². The minimum Gasteiger partial charge on any atom is -0.675 e. The van der Waals surface area contributed by atoms with Crippen LogP contribution in [0.4, 0.5) is 10.1 Å². The predicted octanol–water partition coefficient (Wildman–Crippen LogP) is 6.48. The van der Waals surface area contributed by atoms with Gasteiger partial charge >= 0.3 is 0 Å². The van der Waals surface area contributed by atoms with Crippen LogP contribution in [-0.4, -0.2) is 26.8 Å². The van der Waals surface area contributed by atoms with E-state index in [1.807, 2.05) is 60.7 Å². The molecule has 0 radical (unpaired) electrons. The van der Waals surface area contributed by atoms with Crippen molar-refractivity contribution >= 4 is 11.4 Å². The Morgan fingerprint density at radius 1 is 0.941 bits per heavy atom. The third kappa shape index (κ3) is 7.30. The Balaban J connectivity index is 0.000000588. The smallest absolute Gasteiger partial charge is 0.256 e. The first kappa shape index (κ1) is 25.2. The van der Waals surface area contributed by atoms with Gasteiger partial charge in [-0.15, -0.1) is 6.04 Å². The second-order valence-electron chi connectivity index (χ2n) is 7.40. The Bertz CT molecular complexity index is 1190. The zero-order valence-corrected chi connectivity index (χ0v) is 21.1. The topological polar surface area (TPSA) is 91.4 Å². The largest absolute Gasteiger partial charge is 0.675 e. The fraction of sp³-hybridized carbons (Fsp3) is 0.115. The number of pyridine rings is 2. The van der Waals surface area contributed by atoms with Crippen LogP contribution in [0.15, 0.2) is 96.2 Å². The van der Waals surface area contributed by atoms with Gasteiger partial charge in [-0.3, -0.25) is 0 Å². The fourth-order valence-electron chi connectivity index (χ4n) is 2.83. The molecule has 4 aromatic rings. The van der Waals surface area contributed by atoms with Crippen LogP contribution in [0.2, 0.25) is 0 Å². The molecule has 34 heavy (non-hydrogen) atoms. The second kappa shape index (κ2) is 12.2. The van der Waals surface area contributed by atoms with E-state index in [0.29, 0.717) is 17.4 Å². The van der Waals surface area contributed by atoms with Gasteiger partial charge in [0.2, 0.25) is 5.88 Å². The molecule has 0 bridgehead atoms. The molecule has 2 heterocycles. The Hall–Kier alpha value is -3.41. The fourth-order valence-corrected chi connectivity index (χ4v) is 2.83. The van der Waals surface area contributed by atoms with Crippen molar-refractivity contribution in [1.29, 1.82) is 0 Å². The van der Waals surface area contributed by atoms with E-state index in [2.05, 4.69) is 15.0 Å². The van der Waals surface area contributed by atoms with Crippen molar-refractivity contribution in [3.05, 3.63) is 114 Å². The third-order valence-corrected chi connectivity index (χ3v) is 4.64. The van der Waals surface area contributed by atoms with Gasteiger partial charge < -0.3 is 15.6 Å². The van der Waals surface area contributed by atoms with Crippen molar-refractivity contribution in [3.63, 3.8) is 0 Å². The number of hydrogen-bond donors (Lipinski definition) is 1. The summed E-state index contributed by atoms with van der Waals surface area (Å²) in [7, 11) is 0. The molecule has 0 atom stereocenters. The Kier molecular flexibility index (Phi) is 9.02. The molecule has 8 heteroatoms. The molecule has 1 aliphatic rings. The molecule has 1 saturated carbocycles. The third-order valence-electron chi connectivity index (χ3n) is 4.64. The maximum absolute atomic E-state index is 14.6. The number of nitrogens with zero attached hydrogens (tertiary/aromatic N) is 3. The van der Waals surface area contributed by atoms with Crippen molar-refractivity contribution in [3.8, 4) is 17.5 Å². The van der Waals surface area contributed by atoms with Crippen molar-refractivity contribution in [1.82, 2.24) is 9.97 Å². The van der Waals surface area contributed by atoms with Crippen LogP contribution in [0.25, 0.3) is 5.73 Å². The van der Waals surface area contributed by atoms with Gasteiger partial charge in [0.15, 0.2) is 5.82 Å². The number of aliphatic imine (C=N–C) groups is 1. The van der Waals surface area contributed by atoms with Gasteiger partial charge in [0.1, 0.15) is 5.75 Å². The van der Waals surface area contributed by atoms with Crippen LogP contribution < -0.4 is 4.74 Å². The summed E-state index contributed by atoms with van der Waals surface area (Å²) in [5.74, 6) is -0.868. The number of aromatic hydroxyl groups is 1. The summed E-state index contributed by atoms with van der Waals surface area (Å²) in [4.78, 5) is 12.3. The van der Waals surface area contributed by atoms with Gasteiger partial charge in [-0.25, -0.2) is 19.4 Å². The molecule has 0 saturated heterocycles. The van der Waals surface area contributed by atoms with Gasteiger partial charge in [0.05, 0.1) is 17.6 Å². The number of hydrogen-bond acceptors (Lipinski definition) is 5. The first-order chi connectivity index (χ1) is 16.1. The van der Waals surface area contributed by atoms with Crippen LogP contribution in [0.1, 0.15) is 24.0 Å². The molecule has 0 unspecified atom stereocenters. The normalized spacial score (nSPS) is 11.9. The van der Waals surface area contributed by atoms with Crippen molar-refractivity contribution in [2.24, 2.45) is 4.99 Å². The summed E-state index contributed by atoms with van der Waals surface area (Å²) >= 11 is 0. The maximum Gasteiger partial charge on any atom is 0.256 e. The predicted molar refractivity (Wildman–Crippen MR) is 126 cm³/mol. The summed E-state index contributed by atoms with van der Waals surface area (Å²) in [6, 6.07) is 23.7. The quantitative estimate of drug-likeness (QED) is 0.257. The van der Waals surface area contributed by atoms with Crippen LogP contribution in [0.3, 0.4) is 0 Å². The Morgan fingerprint density at radius 3 is 2.03 bits per heavy atom. The van der Waals surface area contributed by atoms with E-state index in [-0.39, 0.29) is 38.6 Å². The molecule has 2 aromatic carbocycles. The first-order valence-corrected chi connectivity index (χ1v) is 10.5. The van der Waals surface area contributed by atoms with Crippen LogP contribution in [0, 0.1) is 5.82 Å². The molecule has 1 fully saturated rings. The minimum absolute atomic E-state index is 0. The SMILES string of the molecule is Oc1cc(Oc2ncc(N=C(c3ccccc3)c3ccccc3)cc2F)ccn1.[NH-]C1CC1.[W]. The van der Waals surface area contributed by atoms with E-state index in [0.717, 1.165) is 24.0 Å². The van der Waals surface area contributed by atoms with Gasteiger partial charge in [0.25, 0.3) is 5.88 Å². The van der Waals surface area contributed by atoms with E-state index < -0.39 is 5.82 Å². The van der Waals surface area contributed by atoms with Crippen LogP contribution in [-0.2, 0) is 21.1 Å². The molecule has 1 aliphatic carbocycles. The molecule has 2 N–H and O–H groups in total. The van der Waals surface area contributed by atoms with Crippen LogP contribution >= 0.6 is 0 Å². The summed E-state index contributed by atoms with van der Waals surface area (Å²) in [5.41, 5.74) is 9.58. The molecular formula is C26H22FN4O2W-. The number of rotatable bonds is 5. The second-order valence-corrected chi connectivity index (χ2v) is 7.40. The monoisotopic (exact) mass is 625 g/mol. The molecule has 0 spiro atoms. The maximum atomic E-state index is 14.6. The minimum atomic E-state index is -0.664. The van der Waals surface area contributed by atoms with E-state index in [1.54, 1.807) is 0 Å². The summed E-state index contributed by atoms with van der Waals surface area (Å²) in [5, 5.41) is 9.40. The molecular weight excluding hydrogens is 603 g/mol. The summed E-state index contributed by atoms with van der Waals surface area (Å²) in [6.45, 7) is 0. The number of nitrogens with one attached hydrogen (secondary N) is 1. The van der Waals surface area contributed by atoms with Crippen molar-refractivity contribution in [2.45, 2.75) is 18.9 Å². The van der Waals surface area contributed by atoms with E-state index >= 15 is 0 Å². The molecule has 2 aromatic heterocycles. The van der Waals surface area contributed by atoms with Gasteiger partial charge in [-0.1, -0.05) is 73.5 Å². The number of halogens is 1. The molecule has 6 nitrogen and oxygen atoms in total. The Morgan fingerprint density at radius 2 is 1.53 bits per heavy atom. The van der Waals surface area contributed by atoms with Gasteiger partial charge in [0, 0.05) is 50.5 Å². The van der Waals surface area contributed by atoms with Crippen molar-refractivity contribution < 1.29 is 35.3 Å². The van der Waals surface area contributed by atoms with Crippen LogP contribution in [0.5, 0.6) is 17.5 Å². The summed E-state index contributed by atoms with van der Waals surface area (Å²) in [6.07, 6.45) is 5.10. The molecule has 172 valence electrons. The first-order valence-electron chi connectivity index (χ1n) is 10.5. The summed E-state index contributed by atoms with van der Waals surface area (Å²) < 4.78 is 19.9. The van der Waals surface area contributed by atoms with E-state index in [9.17, 15) is 9.50 Å². The number of ether oxygens (including phenoxy) is 1. The molecule has 0 aliphatic heterocycles. The number of benzene rings is 2. The molecule has 5 rings (SSSR count). The number of aromatic nitrogens is 2. The Labute approximate surface area is 211 Å². The zero-order chi connectivity index (χ0) is 23.0. The van der Waals surface area contributed by atoms with Gasteiger partial charge in [-0.2, -0.15) is 0 Å². The standard InChI is InChI=1S/C23H16FN3O2.C3H6N.W/c24-20-13-18(15-26-23(20)29-19-11-12-25-21(28)14-19)27-22(16-7-3-1-4-8-16)17-9-5-2-6-10-17;4-3-1-2-3;/h1-15H,(H,25,28);3-4H,1-2H2;/q;-1;. The van der Waals surface area contributed by atoms with E-state index in [1.165, 1.54) is 30.6 Å². The molecule has 0 amide bonds. The van der Waals surface area contributed by atoms with Gasteiger partial charge in [-0.05, 0) is 6.07 Å². The average molecular weight is 625 g/mol. The zero-order valence-electron chi connectivity index (χ0n) is 18.1.